The highest BCUT2D eigenvalue weighted by Crippen LogP contribution is 2.35. The van der Waals surface area contributed by atoms with Crippen LogP contribution in [0.15, 0.2) is 18.2 Å². The third kappa shape index (κ3) is 5.75. The number of piperazine rings is 1. The Labute approximate surface area is 140 Å². The van der Waals surface area contributed by atoms with E-state index in [4.69, 9.17) is 4.74 Å². The van der Waals surface area contributed by atoms with Crippen LogP contribution in [-0.2, 0) is 0 Å². The van der Waals surface area contributed by atoms with E-state index in [0.29, 0.717) is 24.4 Å². The zero-order valence-electron chi connectivity index (χ0n) is 12.9. The second kappa shape index (κ2) is 8.61. The number of halogens is 4. The van der Waals surface area contributed by atoms with Gasteiger partial charge >= 0.3 is 6.18 Å². The second-order valence-electron chi connectivity index (χ2n) is 5.39. The molecular weight excluding hydrogens is 333 g/mol. The Kier molecular flexibility index (Phi) is 7.44. The number of phenolic OH excluding ortho intramolecular Hbond substituents is 1. The summed E-state index contributed by atoms with van der Waals surface area (Å²) >= 11 is 0. The van der Waals surface area contributed by atoms with Gasteiger partial charge in [0.25, 0.3) is 0 Å². The van der Waals surface area contributed by atoms with Crippen molar-refractivity contribution in [1.29, 1.82) is 0 Å². The molecule has 8 heteroatoms. The van der Waals surface area contributed by atoms with E-state index in [1.54, 1.807) is 12.1 Å². The lowest BCUT2D eigenvalue weighted by Crippen LogP contribution is -2.45. The SMILES string of the molecule is COc1ccc([C@H](CCC(F)(F)F)N2CCNCC2)cc1O.Cl. The van der Waals surface area contributed by atoms with E-state index in [1.165, 1.54) is 13.2 Å². The van der Waals surface area contributed by atoms with Gasteiger partial charge in [-0.3, -0.25) is 4.90 Å². The molecular formula is C15H22ClF3N2O2. The highest BCUT2D eigenvalue weighted by Gasteiger charge is 2.31. The van der Waals surface area contributed by atoms with Crippen LogP contribution in [0.2, 0.25) is 0 Å². The van der Waals surface area contributed by atoms with E-state index >= 15 is 0 Å². The van der Waals surface area contributed by atoms with Crippen LogP contribution >= 0.6 is 12.4 Å². The van der Waals surface area contributed by atoms with E-state index in [-0.39, 0.29) is 30.6 Å². The molecule has 1 atom stereocenters. The molecule has 1 fully saturated rings. The van der Waals surface area contributed by atoms with Crippen LogP contribution in [0.4, 0.5) is 13.2 Å². The molecule has 0 aromatic heterocycles. The van der Waals surface area contributed by atoms with Gasteiger partial charge in [-0.15, -0.1) is 12.4 Å². The van der Waals surface area contributed by atoms with Gasteiger partial charge < -0.3 is 15.2 Å². The van der Waals surface area contributed by atoms with Crippen LogP contribution in [-0.4, -0.2) is 49.5 Å². The molecule has 1 aliphatic rings. The molecule has 0 radical (unpaired) electrons. The number of nitrogens with zero attached hydrogens (tertiary/aromatic N) is 1. The summed E-state index contributed by atoms with van der Waals surface area (Å²) in [6, 6.07) is 4.46. The van der Waals surface area contributed by atoms with Crippen molar-refractivity contribution >= 4 is 12.4 Å². The number of alkyl halides is 3. The maximum absolute atomic E-state index is 12.6. The van der Waals surface area contributed by atoms with Gasteiger partial charge in [0.05, 0.1) is 7.11 Å². The monoisotopic (exact) mass is 354 g/mol. The summed E-state index contributed by atoms with van der Waals surface area (Å²) in [5, 5.41) is 13.1. The number of benzene rings is 1. The summed E-state index contributed by atoms with van der Waals surface area (Å²) in [6.45, 7) is 2.89. The van der Waals surface area contributed by atoms with Gasteiger partial charge in [-0.2, -0.15) is 13.2 Å². The maximum atomic E-state index is 12.6. The molecule has 1 aromatic carbocycles. The van der Waals surface area contributed by atoms with Crippen LogP contribution in [0.25, 0.3) is 0 Å². The molecule has 0 amide bonds. The largest absolute Gasteiger partial charge is 0.504 e. The molecule has 23 heavy (non-hydrogen) atoms. The Hall–Kier alpha value is -1.18. The van der Waals surface area contributed by atoms with Gasteiger partial charge in [0, 0.05) is 38.6 Å². The summed E-state index contributed by atoms with van der Waals surface area (Å²) in [6.07, 6.45) is -5.04. The molecule has 1 aliphatic heterocycles. The number of hydrogen-bond acceptors (Lipinski definition) is 4. The summed E-state index contributed by atoms with van der Waals surface area (Å²) in [4.78, 5) is 2.03. The van der Waals surface area contributed by atoms with Crippen molar-refractivity contribution in [2.75, 3.05) is 33.3 Å². The molecule has 1 saturated heterocycles. The third-order valence-corrected chi connectivity index (χ3v) is 3.88. The lowest BCUT2D eigenvalue weighted by Gasteiger charge is -2.35. The molecule has 0 bridgehead atoms. The minimum absolute atomic E-state index is 0. The number of aromatic hydroxyl groups is 1. The Balaban J connectivity index is 0.00000264. The molecule has 4 nitrogen and oxygen atoms in total. The lowest BCUT2D eigenvalue weighted by atomic mass is 9.98. The fourth-order valence-electron chi connectivity index (χ4n) is 2.77. The first-order chi connectivity index (χ1) is 10.4. The molecule has 1 heterocycles. The van der Waals surface area contributed by atoms with Gasteiger partial charge in [0.2, 0.25) is 0 Å². The van der Waals surface area contributed by atoms with Crippen molar-refractivity contribution in [2.45, 2.75) is 25.1 Å². The van der Waals surface area contributed by atoms with Crippen molar-refractivity contribution in [3.8, 4) is 11.5 Å². The van der Waals surface area contributed by atoms with Gasteiger partial charge in [-0.25, -0.2) is 0 Å². The number of hydrogen-bond donors (Lipinski definition) is 2. The van der Waals surface area contributed by atoms with Gasteiger partial charge in [-0.05, 0) is 24.1 Å². The van der Waals surface area contributed by atoms with Gasteiger partial charge in [-0.1, -0.05) is 6.07 Å². The molecule has 2 N–H and O–H groups in total. The molecule has 1 aromatic rings. The van der Waals surface area contributed by atoms with Crippen molar-refractivity contribution in [1.82, 2.24) is 10.2 Å². The van der Waals surface area contributed by atoms with E-state index in [2.05, 4.69) is 5.32 Å². The fraction of sp³-hybridized carbons (Fsp3) is 0.600. The zero-order valence-corrected chi connectivity index (χ0v) is 13.7. The molecule has 0 spiro atoms. The van der Waals surface area contributed by atoms with Gasteiger partial charge in [0.1, 0.15) is 0 Å². The fourth-order valence-corrected chi connectivity index (χ4v) is 2.77. The van der Waals surface area contributed by atoms with Gasteiger partial charge in [0.15, 0.2) is 11.5 Å². The minimum Gasteiger partial charge on any atom is -0.504 e. The van der Waals surface area contributed by atoms with Crippen LogP contribution < -0.4 is 10.1 Å². The van der Waals surface area contributed by atoms with E-state index in [0.717, 1.165) is 13.1 Å². The molecule has 0 unspecified atom stereocenters. The maximum Gasteiger partial charge on any atom is 0.389 e. The Morgan fingerprint density at radius 1 is 1.30 bits per heavy atom. The summed E-state index contributed by atoms with van der Waals surface area (Å²) in [5.41, 5.74) is 0.685. The predicted octanol–water partition coefficient (Wildman–Crippen LogP) is 3.11. The number of nitrogens with one attached hydrogen (secondary N) is 1. The summed E-state index contributed by atoms with van der Waals surface area (Å²) < 4.78 is 42.8. The third-order valence-electron chi connectivity index (χ3n) is 3.88. The van der Waals surface area contributed by atoms with E-state index in [9.17, 15) is 18.3 Å². The topological polar surface area (TPSA) is 44.7 Å². The predicted molar refractivity (Wildman–Crippen MR) is 84.4 cm³/mol. The molecule has 2 rings (SSSR count). The summed E-state index contributed by atoms with van der Waals surface area (Å²) in [7, 11) is 1.44. The Morgan fingerprint density at radius 3 is 2.48 bits per heavy atom. The average Bonchev–Trinajstić information content (AvgIpc) is 2.47. The van der Waals surface area contributed by atoms with E-state index < -0.39 is 12.6 Å². The second-order valence-corrected chi connectivity index (χ2v) is 5.39. The lowest BCUT2D eigenvalue weighted by molar-refractivity contribution is -0.138. The van der Waals surface area contributed by atoms with Crippen LogP contribution in [0.1, 0.15) is 24.4 Å². The normalized spacial score (nSPS) is 17.4. The van der Waals surface area contributed by atoms with Crippen LogP contribution in [0.5, 0.6) is 11.5 Å². The molecule has 0 aliphatic carbocycles. The quantitative estimate of drug-likeness (QED) is 0.853. The number of phenols is 1. The average molecular weight is 355 g/mol. The molecule has 0 saturated carbocycles. The summed E-state index contributed by atoms with van der Waals surface area (Å²) in [5.74, 6) is 0.269. The van der Waals surface area contributed by atoms with Crippen LogP contribution in [0, 0.1) is 0 Å². The first-order valence-corrected chi connectivity index (χ1v) is 7.29. The first kappa shape index (κ1) is 19.9. The Bertz CT molecular complexity index is 494. The standard InChI is InChI=1S/C15H21F3N2O2.ClH/c1-22-14-3-2-11(10-13(14)21)12(4-5-15(16,17)18)20-8-6-19-7-9-20;/h2-3,10,12,19,21H,4-9H2,1H3;1H/t12-;/m0./s1. The number of methoxy groups -OCH3 is 1. The first-order valence-electron chi connectivity index (χ1n) is 7.29. The smallest absolute Gasteiger partial charge is 0.389 e. The number of rotatable bonds is 5. The van der Waals surface area contributed by atoms with Crippen molar-refractivity contribution in [2.24, 2.45) is 0 Å². The zero-order chi connectivity index (χ0) is 16.2. The van der Waals surface area contributed by atoms with Crippen molar-refractivity contribution < 1.29 is 23.0 Å². The minimum atomic E-state index is -4.18. The van der Waals surface area contributed by atoms with Crippen molar-refractivity contribution in [3.63, 3.8) is 0 Å². The highest BCUT2D eigenvalue weighted by atomic mass is 35.5. The Morgan fingerprint density at radius 2 is 1.96 bits per heavy atom. The number of ether oxygens (including phenoxy) is 1. The highest BCUT2D eigenvalue weighted by molar-refractivity contribution is 5.85. The van der Waals surface area contributed by atoms with Crippen LogP contribution in [0.3, 0.4) is 0 Å². The molecule has 132 valence electrons. The van der Waals surface area contributed by atoms with Crippen molar-refractivity contribution in [3.05, 3.63) is 23.8 Å². The van der Waals surface area contributed by atoms with E-state index in [1.807, 2.05) is 4.90 Å².